The molecule has 0 atom stereocenters. The Morgan fingerprint density at radius 2 is 2.14 bits per heavy atom. The molecule has 0 saturated heterocycles. The number of nitrogens with one attached hydrogen (secondary N) is 2. The molecule has 114 valence electrons. The SMILES string of the molecule is CCc1cc(NC(=O)c2ccc(S(=O)(=O)N(C)C)o2)n[nH]1. The third-order valence-corrected chi connectivity index (χ3v) is 4.48. The Kier molecular flexibility index (Phi) is 4.14. The van der Waals surface area contributed by atoms with Crippen LogP contribution in [0.4, 0.5) is 5.82 Å². The van der Waals surface area contributed by atoms with E-state index in [-0.39, 0.29) is 10.9 Å². The van der Waals surface area contributed by atoms with Crippen LogP contribution in [0.5, 0.6) is 0 Å². The molecule has 0 bridgehead atoms. The van der Waals surface area contributed by atoms with E-state index in [1.54, 1.807) is 6.07 Å². The van der Waals surface area contributed by atoms with Crippen LogP contribution in [0.1, 0.15) is 23.2 Å². The molecule has 9 heteroatoms. The molecule has 0 aliphatic rings. The summed E-state index contributed by atoms with van der Waals surface area (Å²) in [5.41, 5.74) is 0.876. The average molecular weight is 312 g/mol. The Bertz CT molecular complexity index is 745. The maximum Gasteiger partial charge on any atom is 0.292 e. The van der Waals surface area contributed by atoms with Crippen LogP contribution >= 0.6 is 0 Å². The average Bonchev–Trinajstić information content (AvgIpc) is 3.07. The molecule has 2 aromatic heterocycles. The lowest BCUT2D eigenvalue weighted by Crippen LogP contribution is -2.21. The van der Waals surface area contributed by atoms with E-state index in [0.29, 0.717) is 5.82 Å². The zero-order valence-electron chi connectivity index (χ0n) is 11.9. The van der Waals surface area contributed by atoms with Crippen LogP contribution in [-0.2, 0) is 16.4 Å². The zero-order valence-corrected chi connectivity index (χ0v) is 12.7. The van der Waals surface area contributed by atoms with Crippen LogP contribution < -0.4 is 5.32 Å². The molecule has 0 spiro atoms. The van der Waals surface area contributed by atoms with Gasteiger partial charge in [0.2, 0.25) is 5.09 Å². The van der Waals surface area contributed by atoms with Crippen molar-refractivity contribution in [3.8, 4) is 0 Å². The molecule has 2 aromatic rings. The first-order valence-electron chi connectivity index (χ1n) is 6.22. The molecular weight excluding hydrogens is 296 g/mol. The van der Waals surface area contributed by atoms with Crippen molar-refractivity contribution in [3.63, 3.8) is 0 Å². The van der Waals surface area contributed by atoms with Crippen LogP contribution in [-0.4, -0.2) is 42.9 Å². The number of hydrogen-bond donors (Lipinski definition) is 2. The standard InChI is InChI=1S/C12H16N4O4S/c1-4-8-7-10(15-14-8)13-12(17)9-5-6-11(20-9)21(18,19)16(2)3/h5-7H,4H2,1-3H3,(H2,13,14,15,17). The minimum Gasteiger partial charge on any atom is -0.438 e. The van der Waals surface area contributed by atoms with Gasteiger partial charge in [-0.2, -0.15) is 5.10 Å². The molecule has 0 aromatic carbocycles. The lowest BCUT2D eigenvalue weighted by molar-refractivity contribution is 0.0991. The van der Waals surface area contributed by atoms with Gasteiger partial charge in [-0.05, 0) is 18.6 Å². The smallest absolute Gasteiger partial charge is 0.292 e. The number of sulfonamides is 1. The van der Waals surface area contributed by atoms with Crippen molar-refractivity contribution in [1.82, 2.24) is 14.5 Å². The number of carbonyl (C=O) groups is 1. The summed E-state index contributed by atoms with van der Waals surface area (Å²) in [7, 11) is -0.932. The Morgan fingerprint density at radius 3 is 2.71 bits per heavy atom. The lowest BCUT2D eigenvalue weighted by atomic mass is 10.3. The second kappa shape index (κ2) is 5.70. The molecule has 0 aliphatic heterocycles. The van der Waals surface area contributed by atoms with Crippen molar-refractivity contribution in [3.05, 3.63) is 29.7 Å². The number of aromatic nitrogens is 2. The maximum absolute atomic E-state index is 12.0. The van der Waals surface area contributed by atoms with E-state index >= 15 is 0 Å². The van der Waals surface area contributed by atoms with Gasteiger partial charge in [-0.1, -0.05) is 6.92 Å². The van der Waals surface area contributed by atoms with E-state index in [1.165, 1.54) is 26.2 Å². The molecule has 2 rings (SSSR count). The number of carbonyl (C=O) groups excluding carboxylic acids is 1. The highest BCUT2D eigenvalue weighted by molar-refractivity contribution is 7.88. The van der Waals surface area contributed by atoms with Crippen LogP contribution in [0, 0.1) is 0 Å². The number of aryl methyl sites for hydroxylation is 1. The Labute approximate surface area is 122 Å². The Balaban J connectivity index is 2.16. The topological polar surface area (TPSA) is 108 Å². The fourth-order valence-corrected chi connectivity index (χ4v) is 2.34. The third kappa shape index (κ3) is 3.14. The highest BCUT2D eigenvalue weighted by atomic mass is 32.2. The van der Waals surface area contributed by atoms with E-state index in [2.05, 4.69) is 15.5 Å². The van der Waals surface area contributed by atoms with E-state index in [1.807, 2.05) is 6.92 Å². The molecule has 0 fully saturated rings. The summed E-state index contributed by atoms with van der Waals surface area (Å²) in [6.45, 7) is 1.95. The van der Waals surface area contributed by atoms with Crippen LogP contribution in [0.25, 0.3) is 0 Å². The molecular formula is C12H16N4O4S. The maximum atomic E-state index is 12.0. The molecule has 2 heterocycles. The number of amides is 1. The van der Waals surface area contributed by atoms with Crippen LogP contribution in [0.15, 0.2) is 27.7 Å². The van der Waals surface area contributed by atoms with Gasteiger partial charge in [0.05, 0.1) is 0 Å². The summed E-state index contributed by atoms with van der Waals surface area (Å²) >= 11 is 0. The minimum atomic E-state index is -3.70. The fourth-order valence-electron chi connectivity index (χ4n) is 1.55. The number of hydrogen-bond acceptors (Lipinski definition) is 5. The Hall–Kier alpha value is -2.13. The summed E-state index contributed by atoms with van der Waals surface area (Å²) in [5, 5.41) is 8.91. The van der Waals surface area contributed by atoms with Gasteiger partial charge >= 0.3 is 0 Å². The minimum absolute atomic E-state index is 0.100. The number of nitrogens with zero attached hydrogens (tertiary/aromatic N) is 2. The normalized spacial score (nSPS) is 11.8. The van der Waals surface area contributed by atoms with E-state index < -0.39 is 15.9 Å². The first-order chi connectivity index (χ1) is 9.84. The monoisotopic (exact) mass is 312 g/mol. The molecule has 0 saturated carbocycles. The summed E-state index contributed by atoms with van der Waals surface area (Å²) in [4.78, 5) is 12.0. The van der Waals surface area contributed by atoms with Gasteiger partial charge in [0.25, 0.3) is 15.9 Å². The van der Waals surface area contributed by atoms with Gasteiger partial charge in [-0.3, -0.25) is 9.89 Å². The van der Waals surface area contributed by atoms with Crippen molar-refractivity contribution in [2.75, 3.05) is 19.4 Å². The Morgan fingerprint density at radius 1 is 1.43 bits per heavy atom. The van der Waals surface area contributed by atoms with Crippen molar-refractivity contribution in [1.29, 1.82) is 0 Å². The summed E-state index contributed by atoms with van der Waals surface area (Å²) in [6.07, 6.45) is 0.759. The van der Waals surface area contributed by atoms with Crippen molar-refractivity contribution >= 4 is 21.7 Å². The van der Waals surface area contributed by atoms with Crippen molar-refractivity contribution in [2.45, 2.75) is 18.4 Å². The number of H-pyrrole nitrogens is 1. The quantitative estimate of drug-likeness (QED) is 0.858. The molecule has 0 unspecified atom stereocenters. The largest absolute Gasteiger partial charge is 0.438 e. The van der Waals surface area contributed by atoms with Gasteiger partial charge in [-0.15, -0.1) is 0 Å². The van der Waals surface area contributed by atoms with Gasteiger partial charge in [0.1, 0.15) is 0 Å². The lowest BCUT2D eigenvalue weighted by Gasteiger charge is -2.07. The number of furan rings is 1. The second-order valence-corrected chi connectivity index (χ2v) is 6.58. The van der Waals surface area contributed by atoms with Crippen LogP contribution in [0.2, 0.25) is 0 Å². The number of anilines is 1. The first kappa shape index (κ1) is 15.3. The van der Waals surface area contributed by atoms with Gasteiger partial charge in [0.15, 0.2) is 11.6 Å². The van der Waals surface area contributed by atoms with Gasteiger partial charge < -0.3 is 9.73 Å². The molecule has 0 radical (unpaired) electrons. The van der Waals surface area contributed by atoms with Crippen molar-refractivity contribution in [2.24, 2.45) is 0 Å². The summed E-state index contributed by atoms with van der Waals surface area (Å²) in [5.74, 6) is -0.314. The molecule has 2 N–H and O–H groups in total. The fraction of sp³-hybridized carbons (Fsp3) is 0.333. The van der Waals surface area contributed by atoms with Crippen LogP contribution in [0.3, 0.4) is 0 Å². The predicted octanol–water partition coefficient (Wildman–Crippen LogP) is 1.07. The van der Waals surface area contributed by atoms with Gasteiger partial charge in [-0.25, -0.2) is 12.7 Å². The summed E-state index contributed by atoms with van der Waals surface area (Å²) < 4.78 is 29.8. The predicted molar refractivity (Wildman–Crippen MR) is 75.5 cm³/mol. The molecule has 1 amide bonds. The highest BCUT2D eigenvalue weighted by Crippen LogP contribution is 2.18. The summed E-state index contributed by atoms with van der Waals surface area (Å²) in [6, 6.07) is 4.24. The number of aromatic amines is 1. The van der Waals surface area contributed by atoms with Gasteiger partial charge in [0, 0.05) is 25.9 Å². The van der Waals surface area contributed by atoms with E-state index in [9.17, 15) is 13.2 Å². The molecule has 0 aliphatic carbocycles. The van der Waals surface area contributed by atoms with E-state index in [0.717, 1.165) is 16.4 Å². The zero-order chi connectivity index (χ0) is 15.6. The highest BCUT2D eigenvalue weighted by Gasteiger charge is 2.23. The third-order valence-electron chi connectivity index (χ3n) is 2.79. The number of rotatable bonds is 5. The van der Waals surface area contributed by atoms with Crippen molar-refractivity contribution < 1.29 is 17.6 Å². The molecule has 21 heavy (non-hydrogen) atoms. The first-order valence-corrected chi connectivity index (χ1v) is 7.66. The molecule has 8 nitrogen and oxygen atoms in total. The second-order valence-electron chi connectivity index (χ2n) is 4.49. The van der Waals surface area contributed by atoms with E-state index in [4.69, 9.17) is 4.42 Å².